The molecule has 0 spiro atoms. The Kier molecular flexibility index (Phi) is 2.71. The van der Waals surface area contributed by atoms with Gasteiger partial charge < -0.3 is 10.9 Å². The Morgan fingerprint density at radius 1 is 1.80 bits per heavy atom. The zero-order chi connectivity index (χ0) is 11.6. The van der Waals surface area contributed by atoms with Crippen LogP contribution in [0.3, 0.4) is 0 Å². The normalized spacial score (nSPS) is 9.60. The summed E-state index contributed by atoms with van der Waals surface area (Å²) in [4.78, 5) is 10.6. The van der Waals surface area contributed by atoms with Crippen molar-refractivity contribution in [2.24, 2.45) is 5.73 Å². The molecule has 15 heavy (non-hydrogen) atoms. The van der Waals surface area contributed by atoms with Crippen molar-refractivity contribution in [1.82, 2.24) is 4.73 Å². The first kappa shape index (κ1) is 10.7. The second-order valence-corrected chi connectivity index (χ2v) is 2.77. The lowest BCUT2D eigenvalue weighted by Gasteiger charge is -2.07. The summed E-state index contributed by atoms with van der Waals surface area (Å²) < 4.78 is 13.0. The molecule has 0 aliphatic heterocycles. The molecule has 0 atom stereocenters. The minimum Gasteiger partial charge on any atom is -0.427 e. The number of rotatable bonds is 2. The number of carbonyl (C=O) groups is 1. The first-order valence-electron chi connectivity index (χ1n) is 3.84. The molecule has 0 aliphatic carbocycles. The van der Waals surface area contributed by atoms with E-state index in [9.17, 15) is 14.4 Å². The summed E-state index contributed by atoms with van der Waals surface area (Å²) in [6.45, 7) is 0. The first-order chi connectivity index (χ1) is 6.97. The second kappa shape index (κ2) is 3.79. The van der Waals surface area contributed by atoms with Crippen LogP contribution in [0.5, 0.6) is 0 Å². The fourth-order valence-corrected chi connectivity index (χ4v) is 1.06. The van der Waals surface area contributed by atoms with Crippen molar-refractivity contribution in [3.63, 3.8) is 0 Å². The summed E-state index contributed by atoms with van der Waals surface area (Å²) in [5.74, 6) is -1.84. The zero-order valence-corrected chi connectivity index (χ0v) is 7.49. The quantitative estimate of drug-likeness (QED) is 0.557. The summed E-state index contributed by atoms with van der Waals surface area (Å²) in [5, 5.41) is 25.0. The van der Waals surface area contributed by atoms with E-state index in [4.69, 9.17) is 16.4 Å². The summed E-state index contributed by atoms with van der Waals surface area (Å²) in [7, 11) is 0. The number of nitrogens with two attached hydrogens (primary N) is 1. The van der Waals surface area contributed by atoms with E-state index in [-0.39, 0.29) is 16.0 Å². The van der Waals surface area contributed by atoms with E-state index in [1.54, 1.807) is 6.07 Å². The van der Waals surface area contributed by atoms with Crippen LogP contribution in [0.4, 0.5) is 4.39 Å². The van der Waals surface area contributed by atoms with Crippen LogP contribution in [0, 0.1) is 22.6 Å². The highest BCUT2D eigenvalue weighted by molar-refractivity contribution is 5.76. The molecule has 0 aliphatic rings. The van der Waals surface area contributed by atoms with Gasteiger partial charge in [0, 0.05) is 0 Å². The molecule has 1 rings (SSSR count). The highest BCUT2D eigenvalue weighted by Gasteiger charge is 2.14. The molecule has 0 saturated heterocycles. The summed E-state index contributed by atoms with van der Waals surface area (Å²) >= 11 is 0. The van der Waals surface area contributed by atoms with Gasteiger partial charge in [-0.1, -0.05) is 0 Å². The van der Waals surface area contributed by atoms with Gasteiger partial charge in [0.2, 0.25) is 5.91 Å². The van der Waals surface area contributed by atoms with E-state index >= 15 is 0 Å². The molecule has 78 valence electrons. The van der Waals surface area contributed by atoms with Crippen LogP contribution in [0.15, 0.2) is 6.07 Å². The number of nitriles is 1. The molecular formula is C8H7FN4O2. The number of amides is 1. The number of primary amides is 1. The number of halogens is 1. The molecule has 0 radical (unpaired) electrons. The van der Waals surface area contributed by atoms with E-state index in [1.165, 1.54) is 0 Å². The van der Waals surface area contributed by atoms with Crippen molar-refractivity contribution in [1.29, 1.82) is 10.7 Å². The summed E-state index contributed by atoms with van der Waals surface area (Å²) in [6.07, 6.45) is -0.439. The second-order valence-electron chi connectivity index (χ2n) is 2.77. The average molecular weight is 210 g/mol. The lowest BCUT2D eigenvalue weighted by atomic mass is 10.1. The molecule has 1 heterocycles. The van der Waals surface area contributed by atoms with Gasteiger partial charge in [0.05, 0.1) is 17.7 Å². The number of nitrogens with one attached hydrogen (secondary N) is 1. The monoisotopic (exact) mass is 210 g/mol. The number of hydrogen-bond donors (Lipinski definition) is 3. The topological polar surface area (TPSA) is 116 Å². The van der Waals surface area contributed by atoms with Crippen LogP contribution in [0.25, 0.3) is 0 Å². The van der Waals surface area contributed by atoms with Crippen molar-refractivity contribution >= 4 is 5.91 Å². The molecule has 0 saturated carbocycles. The van der Waals surface area contributed by atoms with E-state index in [0.717, 1.165) is 6.07 Å². The van der Waals surface area contributed by atoms with E-state index in [0.29, 0.717) is 0 Å². The molecule has 1 amide bonds. The van der Waals surface area contributed by atoms with Crippen LogP contribution in [0.2, 0.25) is 0 Å². The molecule has 1 aromatic rings. The predicted octanol–water partition coefficient (Wildman–Crippen LogP) is -0.757. The van der Waals surface area contributed by atoms with Gasteiger partial charge in [-0.05, 0) is 6.07 Å². The SMILES string of the molecule is N#Cc1cc(F)c(=N)n(O)c1CC(N)=O. The molecule has 0 fully saturated rings. The number of pyridine rings is 1. The number of carbonyl (C=O) groups excluding carboxylic acids is 1. The molecule has 1 aromatic heterocycles. The fourth-order valence-electron chi connectivity index (χ4n) is 1.06. The standard InChI is InChI=1S/C8H7FN4O2/c9-5-1-4(3-10)6(2-7(11)14)13(15)8(5)12/h1,12,15H,2H2,(H2,11,14). The average Bonchev–Trinajstić information content (AvgIpc) is 2.18. The number of aromatic nitrogens is 1. The van der Waals surface area contributed by atoms with Gasteiger partial charge in [-0.3, -0.25) is 10.2 Å². The lowest BCUT2D eigenvalue weighted by molar-refractivity contribution is -0.117. The minimum absolute atomic E-state index is 0.138. The Hall–Kier alpha value is -2.36. The summed E-state index contributed by atoms with van der Waals surface area (Å²) in [5.41, 5.74) is 3.62. The van der Waals surface area contributed by atoms with Crippen molar-refractivity contribution in [3.8, 4) is 6.07 Å². The Morgan fingerprint density at radius 3 is 2.87 bits per heavy atom. The van der Waals surface area contributed by atoms with Crippen LogP contribution >= 0.6 is 0 Å². The van der Waals surface area contributed by atoms with Gasteiger partial charge in [-0.25, -0.2) is 4.39 Å². The maximum absolute atomic E-state index is 12.9. The zero-order valence-electron chi connectivity index (χ0n) is 7.49. The molecule has 0 bridgehead atoms. The Labute approximate surface area is 83.4 Å². The van der Waals surface area contributed by atoms with Gasteiger partial charge in [0.15, 0.2) is 11.3 Å². The molecule has 6 nitrogen and oxygen atoms in total. The molecule has 0 unspecified atom stereocenters. The van der Waals surface area contributed by atoms with Gasteiger partial charge in [0.1, 0.15) is 6.07 Å². The smallest absolute Gasteiger partial charge is 0.223 e. The molecular weight excluding hydrogens is 203 g/mol. The number of hydrogen-bond acceptors (Lipinski definition) is 4. The molecule has 0 aromatic carbocycles. The van der Waals surface area contributed by atoms with Gasteiger partial charge in [-0.2, -0.15) is 9.99 Å². The minimum atomic E-state index is -1.05. The Morgan fingerprint density at radius 2 is 2.40 bits per heavy atom. The first-order valence-corrected chi connectivity index (χ1v) is 3.84. The van der Waals surface area contributed by atoms with Crippen LogP contribution in [-0.2, 0) is 11.2 Å². The van der Waals surface area contributed by atoms with Gasteiger partial charge in [0.25, 0.3) is 0 Å². The third kappa shape index (κ3) is 1.94. The van der Waals surface area contributed by atoms with E-state index in [2.05, 4.69) is 0 Å². The highest BCUT2D eigenvalue weighted by Crippen LogP contribution is 2.06. The van der Waals surface area contributed by atoms with Crippen molar-refractivity contribution < 1.29 is 14.4 Å². The van der Waals surface area contributed by atoms with E-state index in [1.807, 2.05) is 0 Å². The maximum atomic E-state index is 12.9. The number of nitrogens with zero attached hydrogens (tertiary/aromatic N) is 2. The Bertz CT molecular complexity index is 515. The Balaban J connectivity index is 3.49. The van der Waals surface area contributed by atoms with Gasteiger partial charge >= 0.3 is 0 Å². The molecule has 7 heteroatoms. The van der Waals surface area contributed by atoms with Crippen molar-refractivity contribution in [3.05, 3.63) is 28.6 Å². The largest absolute Gasteiger partial charge is 0.427 e. The maximum Gasteiger partial charge on any atom is 0.223 e. The lowest BCUT2D eigenvalue weighted by Crippen LogP contribution is -2.28. The predicted molar refractivity (Wildman–Crippen MR) is 45.0 cm³/mol. The van der Waals surface area contributed by atoms with Crippen LogP contribution < -0.4 is 11.2 Å². The highest BCUT2D eigenvalue weighted by atomic mass is 19.1. The molecule has 4 N–H and O–H groups in total. The van der Waals surface area contributed by atoms with Crippen molar-refractivity contribution in [2.45, 2.75) is 6.42 Å². The van der Waals surface area contributed by atoms with Crippen LogP contribution in [0.1, 0.15) is 11.3 Å². The van der Waals surface area contributed by atoms with E-state index < -0.39 is 23.6 Å². The van der Waals surface area contributed by atoms with Gasteiger partial charge in [-0.15, -0.1) is 0 Å². The van der Waals surface area contributed by atoms with Crippen LogP contribution in [-0.4, -0.2) is 15.8 Å². The fraction of sp³-hybridized carbons (Fsp3) is 0.125. The van der Waals surface area contributed by atoms with Crippen molar-refractivity contribution in [2.75, 3.05) is 0 Å². The third-order valence-corrected chi connectivity index (χ3v) is 1.74. The summed E-state index contributed by atoms with van der Waals surface area (Å²) in [6, 6.07) is 2.37. The third-order valence-electron chi connectivity index (χ3n) is 1.74.